The van der Waals surface area contributed by atoms with Crippen molar-refractivity contribution in [2.24, 2.45) is 0 Å². The standard InChI is InChI=1S/C27H37ClN2O4S/c1-27(2,3)34-26(31)19-29-18-17-20-5-7-21(8-6-20)22-9-13-24(14-10-22)30(4)35(32,33)25-15-11-23(28)12-16-25/h5-8,11-12,15-16,22,24,29H,9-10,13-14,17-19H2,1-4H3/t22-,24-. The molecule has 2 aromatic carbocycles. The lowest BCUT2D eigenvalue weighted by Crippen LogP contribution is -2.39. The Morgan fingerprint density at radius 3 is 2.20 bits per heavy atom. The van der Waals surface area contributed by atoms with Crippen LogP contribution in [0.4, 0.5) is 0 Å². The topological polar surface area (TPSA) is 75.7 Å². The highest BCUT2D eigenvalue weighted by molar-refractivity contribution is 7.89. The Bertz CT molecular complexity index is 1070. The molecule has 0 heterocycles. The third kappa shape index (κ3) is 8.04. The maximum absolute atomic E-state index is 13.0. The van der Waals surface area contributed by atoms with Gasteiger partial charge in [-0.15, -0.1) is 0 Å². The summed E-state index contributed by atoms with van der Waals surface area (Å²) in [6.07, 6.45) is 4.43. The third-order valence-corrected chi connectivity index (χ3v) is 8.61. The molecule has 1 saturated carbocycles. The molecule has 2 aromatic rings. The number of hydrogen-bond donors (Lipinski definition) is 1. The number of nitrogens with one attached hydrogen (secondary N) is 1. The first kappa shape index (κ1) is 27.7. The van der Waals surface area contributed by atoms with Crippen molar-refractivity contribution in [1.82, 2.24) is 9.62 Å². The van der Waals surface area contributed by atoms with Gasteiger partial charge in [-0.3, -0.25) is 4.79 Å². The number of carbonyl (C=O) groups is 1. The molecule has 1 aliphatic rings. The normalized spacial score (nSPS) is 19.0. The largest absolute Gasteiger partial charge is 0.459 e. The summed E-state index contributed by atoms with van der Waals surface area (Å²) in [7, 11) is -1.85. The number of esters is 1. The Kier molecular flexibility index (Phi) is 9.38. The van der Waals surface area contributed by atoms with Gasteiger partial charge in [0, 0.05) is 18.1 Å². The van der Waals surface area contributed by atoms with Crippen molar-refractivity contribution < 1.29 is 17.9 Å². The lowest BCUT2D eigenvalue weighted by atomic mass is 9.81. The van der Waals surface area contributed by atoms with Gasteiger partial charge in [-0.25, -0.2) is 8.42 Å². The van der Waals surface area contributed by atoms with Crippen LogP contribution in [0.5, 0.6) is 0 Å². The minimum Gasteiger partial charge on any atom is -0.459 e. The Balaban J connectivity index is 1.45. The van der Waals surface area contributed by atoms with E-state index in [1.807, 2.05) is 20.8 Å². The van der Waals surface area contributed by atoms with Crippen molar-refractivity contribution in [1.29, 1.82) is 0 Å². The van der Waals surface area contributed by atoms with E-state index in [9.17, 15) is 13.2 Å². The minimum absolute atomic E-state index is 0.00208. The van der Waals surface area contributed by atoms with E-state index in [1.165, 1.54) is 15.4 Å². The predicted octanol–water partition coefficient (Wildman–Crippen LogP) is 5.16. The summed E-state index contributed by atoms with van der Waals surface area (Å²) in [6, 6.07) is 15.0. The van der Waals surface area contributed by atoms with Gasteiger partial charge in [-0.1, -0.05) is 35.9 Å². The van der Waals surface area contributed by atoms with E-state index in [4.69, 9.17) is 16.3 Å². The van der Waals surface area contributed by atoms with Gasteiger partial charge < -0.3 is 10.1 Å². The number of ether oxygens (including phenoxy) is 1. The van der Waals surface area contributed by atoms with Crippen molar-refractivity contribution in [2.75, 3.05) is 20.1 Å². The molecule has 3 rings (SSSR count). The molecular formula is C27H37ClN2O4S. The fourth-order valence-corrected chi connectivity index (χ4v) is 6.04. The molecule has 0 spiro atoms. The summed E-state index contributed by atoms with van der Waals surface area (Å²) in [4.78, 5) is 12.0. The van der Waals surface area contributed by atoms with E-state index in [0.717, 1.165) is 32.1 Å². The van der Waals surface area contributed by atoms with Crippen LogP contribution in [0.15, 0.2) is 53.4 Å². The van der Waals surface area contributed by atoms with Crippen LogP contribution in [0.25, 0.3) is 0 Å². The van der Waals surface area contributed by atoms with E-state index in [1.54, 1.807) is 31.3 Å². The maximum atomic E-state index is 13.0. The van der Waals surface area contributed by atoms with E-state index >= 15 is 0 Å². The van der Waals surface area contributed by atoms with Crippen LogP contribution in [0, 0.1) is 0 Å². The monoisotopic (exact) mass is 520 g/mol. The number of benzene rings is 2. The number of hydrogen-bond acceptors (Lipinski definition) is 5. The van der Waals surface area contributed by atoms with E-state index in [-0.39, 0.29) is 23.5 Å². The van der Waals surface area contributed by atoms with Crippen molar-refractivity contribution in [3.63, 3.8) is 0 Å². The summed E-state index contributed by atoms with van der Waals surface area (Å²) >= 11 is 5.91. The predicted molar refractivity (Wildman–Crippen MR) is 140 cm³/mol. The first-order valence-corrected chi connectivity index (χ1v) is 14.0. The van der Waals surface area contributed by atoms with Gasteiger partial charge in [0.1, 0.15) is 5.60 Å². The molecule has 0 bridgehead atoms. The molecule has 0 saturated heterocycles. The molecule has 0 atom stereocenters. The lowest BCUT2D eigenvalue weighted by Gasteiger charge is -2.34. The Morgan fingerprint density at radius 2 is 1.63 bits per heavy atom. The number of rotatable bonds is 9. The fourth-order valence-electron chi connectivity index (χ4n) is 4.50. The quantitative estimate of drug-likeness (QED) is 0.365. The zero-order chi connectivity index (χ0) is 25.6. The molecule has 0 radical (unpaired) electrons. The van der Waals surface area contributed by atoms with Gasteiger partial charge in [0.05, 0.1) is 11.4 Å². The summed E-state index contributed by atoms with van der Waals surface area (Å²) in [5.41, 5.74) is 2.05. The maximum Gasteiger partial charge on any atom is 0.320 e. The Labute approximate surface area is 215 Å². The Hall–Kier alpha value is -1.93. The van der Waals surface area contributed by atoms with Crippen LogP contribution in [-0.4, -0.2) is 50.5 Å². The highest BCUT2D eigenvalue weighted by Crippen LogP contribution is 2.36. The zero-order valence-electron chi connectivity index (χ0n) is 21.1. The molecule has 35 heavy (non-hydrogen) atoms. The van der Waals surface area contributed by atoms with Crippen LogP contribution in [0.1, 0.15) is 63.5 Å². The highest BCUT2D eigenvalue weighted by atomic mass is 35.5. The van der Waals surface area contributed by atoms with Gasteiger partial charge in [0.2, 0.25) is 10.0 Å². The number of halogens is 1. The second-order valence-electron chi connectivity index (χ2n) is 10.2. The summed E-state index contributed by atoms with van der Waals surface area (Å²) in [5.74, 6) is 0.201. The third-order valence-electron chi connectivity index (χ3n) is 6.43. The van der Waals surface area contributed by atoms with Crippen molar-refractivity contribution in [3.05, 3.63) is 64.7 Å². The van der Waals surface area contributed by atoms with Crippen LogP contribution in [0.2, 0.25) is 5.02 Å². The highest BCUT2D eigenvalue weighted by Gasteiger charge is 2.31. The van der Waals surface area contributed by atoms with Crippen LogP contribution >= 0.6 is 11.6 Å². The van der Waals surface area contributed by atoms with Gasteiger partial charge in [-0.05, 0) is 101 Å². The van der Waals surface area contributed by atoms with Crippen molar-refractivity contribution in [3.8, 4) is 0 Å². The molecular weight excluding hydrogens is 484 g/mol. The molecule has 1 N–H and O–H groups in total. The SMILES string of the molecule is CN([C@H]1CC[C@H](c2ccc(CCNCC(=O)OC(C)(C)C)cc2)CC1)S(=O)(=O)c1ccc(Cl)cc1. The van der Waals surface area contributed by atoms with Crippen LogP contribution < -0.4 is 5.32 Å². The number of carbonyl (C=O) groups excluding carboxylic acids is 1. The van der Waals surface area contributed by atoms with Gasteiger partial charge >= 0.3 is 5.97 Å². The van der Waals surface area contributed by atoms with Crippen LogP contribution in [-0.2, 0) is 26.0 Å². The summed E-state index contributed by atoms with van der Waals surface area (Å²) in [6.45, 7) is 6.50. The minimum atomic E-state index is -3.53. The van der Waals surface area contributed by atoms with E-state index in [2.05, 4.69) is 29.6 Å². The first-order valence-electron chi connectivity index (χ1n) is 12.2. The van der Waals surface area contributed by atoms with E-state index < -0.39 is 15.6 Å². The molecule has 6 nitrogen and oxygen atoms in total. The first-order chi connectivity index (χ1) is 16.5. The summed E-state index contributed by atoms with van der Waals surface area (Å²) in [5, 5.41) is 3.66. The van der Waals surface area contributed by atoms with Gasteiger partial charge in [-0.2, -0.15) is 4.31 Å². The molecule has 1 fully saturated rings. The average Bonchev–Trinajstić information content (AvgIpc) is 2.81. The van der Waals surface area contributed by atoms with Gasteiger partial charge in [0.15, 0.2) is 0 Å². The molecule has 0 aromatic heterocycles. The molecule has 0 amide bonds. The van der Waals surface area contributed by atoms with Crippen molar-refractivity contribution in [2.45, 2.75) is 75.3 Å². The molecule has 1 aliphatic carbocycles. The Morgan fingerprint density at radius 1 is 1.03 bits per heavy atom. The second-order valence-corrected chi connectivity index (χ2v) is 12.7. The van der Waals surface area contributed by atoms with E-state index in [0.29, 0.717) is 17.5 Å². The lowest BCUT2D eigenvalue weighted by molar-refractivity contribution is -0.153. The average molecular weight is 521 g/mol. The van der Waals surface area contributed by atoms with Crippen LogP contribution in [0.3, 0.4) is 0 Å². The fraction of sp³-hybridized carbons (Fsp3) is 0.519. The zero-order valence-corrected chi connectivity index (χ0v) is 22.7. The smallest absolute Gasteiger partial charge is 0.320 e. The molecule has 8 heteroatoms. The van der Waals surface area contributed by atoms with Crippen molar-refractivity contribution >= 4 is 27.6 Å². The number of sulfonamides is 1. The summed E-state index contributed by atoms with van der Waals surface area (Å²) < 4.78 is 32.8. The molecule has 0 aliphatic heterocycles. The molecule has 0 unspecified atom stereocenters. The second kappa shape index (κ2) is 11.9. The van der Waals surface area contributed by atoms with Gasteiger partial charge in [0.25, 0.3) is 0 Å². The number of nitrogens with zero attached hydrogens (tertiary/aromatic N) is 1. The molecule has 192 valence electrons.